The number of aliphatic imine (C=N–C) groups is 1. The third-order valence-corrected chi connectivity index (χ3v) is 3.88. The summed E-state index contributed by atoms with van der Waals surface area (Å²) in [6.07, 6.45) is 6.99. The molecule has 0 aliphatic heterocycles. The van der Waals surface area contributed by atoms with E-state index in [9.17, 15) is 0 Å². The van der Waals surface area contributed by atoms with Crippen LogP contribution in [0.2, 0.25) is 0 Å². The molecular formula is C18H23IN4O. The molecule has 128 valence electrons. The molecule has 24 heavy (non-hydrogen) atoms. The fourth-order valence-corrected chi connectivity index (χ4v) is 2.66. The summed E-state index contributed by atoms with van der Waals surface area (Å²) in [5, 5.41) is 2.96. The Morgan fingerprint density at radius 2 is 1.92 bits per heavy atom. The maximum Gasteiger partial charge on any atom is 0.194 e. The van der Waals surface area contributed by atoms with E-state index in [1.807, 2.05) is 42.5 Å². The molecule has 3 N–H and O–H groups in total. The van der Waals surface area contributed by atoms with E-state index in [0.29, 0.717) is 24.4 Å². The van der Waals surface area contributed by atoms with Crippen LogP contribution in [0.25, 0.3) is 0 Å². The standard InChI is InChI=1S/C18H22N4O.HI/c19-18(22-17-7-3-4-12-20-17)21-13-14-8-10-16(11-9-14)23-15-5-1-2-6-15;/h3-4,7-12,15H,1-2,5-6,13H2,(H3,19,20,21,22);1H. The van der Waals surface area contributed by atoms with Crippen LogP contribution >= 0.6 is 24.0 Å². The number of aromatic nitrogens is 1. The highest BCUT2D eigenvalue weighted by Crippen LogP contribution is 2.24. The summed E-state index contributed by atoms with van der Waals surface area (Å²) in [4.78, 5) is 8.47. The summed E-state index contributed by atoms with van der Waals surface area (Å²) in [5.41, 5.74) is 6.96. The van der Waals surface area contributed by atoms with Gasteiger partial charge in [-0.25, -0.2) is 9.98 Å². The Kier molecular flexibility index (Phi) is 7.30. The number of nitrogens with one attached hydrogen (secondary N) is 1. The molecule has 0 amide bonds. The number of nitrogens with zero attached hydrogens (tertiary/aromatic N) is 2. The van der Waals surface area contributed by atoms with E-state index in [1.54, 1.807) is 6.20 Å². The molecule has 2 aromatic rings. The van der Waals surface area contributed by atoms with Crippen molar-refractivity contribution < 1.29 is 4.74 Å². The number of pyridine rings is 1. The summed E-state index contributed by atoms with van der Waals surface area (Å²) < 4.78 is 5.95. The molecule has 1 saturated carbocycles. The van der Waals surface area contributed by atoms with E-state index < -0.39 is 0 Å². The van der Waals surface area contributed by atoms with E-state index in [2.05, 4.69) is 15.3 Å². The maximum absolute atomic E-state index is 5.95. The van der Waals surface area contributed by atoms with Crippen molar-refractivity contribution in [2.75, 3.05) is 5.32 Å². The molecule has 0 radical (unpaired) electrons. The molecule has 0 unspecified atom stereocenters. The van der Waals surface area contributed by atoms with Gasteiger partial charge < -0.3 is 15.8 Å². The molecule has 1 aromatic carbocycles. The number of guanidine groups is 1. The smallest absolute Gasteiger partial charge is 0.194 e. The van der Waals surface area contributed by atoms with Crippen LogP contribution in [-0.2, 0) is 6.54 Å². The van der Waals surface area contributed by atoms with E-state index in [0.717, 1.165) is 11.3 Å². The van der Waals surface area contributed by atoms with Gasteiger partial charge in [0.15, 0.2) is 5.96 Å². The van der Waals surface area contributed by atoms with Gasteiger partial charge in [0.05, 0.1) is 12.6 Å². The lowest BCUT2D eigenvalue weighted by Crippen LogP contribution is -2.23. The Labute approximate surface area is 159 Å². The molecular weight excluding hydrogens is 415 g/mol. The van der Waals surface area contributed by atoms with E-state index in [-0.39, 0.29) is 24.0 Å². The average Bonchev–Trinajstić information content (AvgIpc) is 3.08. The number of benzene rings is 1. The van der Waals surface area contributed by atoms with Crippen molar-refractivity contribution in [3.8, 4) is 5.75 Å². The fourth-order valence-electron chi connectivity index (χ4n) is 2.66. The number of ether oxygens (including phenoxy) is 1. The van der Waals surface area contributed by atoms with Gasteiger partial charge in [0, 0.05) is 6.20 Å². The van der Waals surface area contributed by atoms with Crippen LogP contribution in [0.3, 0.4) is 0 Å². The molecule has 1 heterocycles. The minimum Gasteiger partial charge on any atom is -0.490 e. The maximum atomic E-state index is 5.95. The number of halogens is 1. The summed E-state index contributed by atoms with van der Waals surface area (Å²) in [6.45, 7) is 0.523. The Hall–Kier alpha value is -1.83. The lowest BCUT2D eigenvalue weighted by Gasteiger charge is -2.13. The zero-order chi connectivity index (χ0) is 15.9. The normalized spacial score (nSPS) is 14.9. The first-order chi connectivity index (χ1) is 11.3. The zero-order valence-electron chi connectivity index (χ0n) is 13.5. The average molecular weight is 438 g/mol. The SMILES string of the molecule is I.NC(=NCc1ccc(OC2CCCC2)cc1)Nc1ccccn1. The molecule has 1 aromatic heterocycles. The van der Waals surface area contributed by atoms with Gasteiger partial charge in [0.2, 0.25) is 0 Å². The number of nitrogens with two attached hydrogens (primary N) is 1. The molecule has 3 rings (SSSR count). The molecule has 1 fully saturated rings. The van der Waals surface area contributed by atoms with Crippen LogP contribution in [0.5, 0.6) is 5.75 Å². The number of rotatable bonds is 5. The van der Waals surface area contributed by atoms with Crippen molar-refractivity contribution in [2.24, 2.45) is 10.7 Å². The largest absolute Gasteiger partial charge is 0.490 e. The first kappa shape index (κ1) is 18.5. The van der Waals surface area contributed by atoms with Gasteiger partial charge in [-0.3, -0.25) is 0 Å². The van der Waals surface area contributed by atoms with Gasteiger partial charge in [0.1, 0.15) is 11.6 Å². The molecule has 5 nitrogen and oxygen atoms in total. The molecule has 1 aliphatic rings. The van der Waals surface area contributed by atoms with Crippen LogP contribution < -0.4 is 15.8 Å². The lowest BCUT2D eigenvalue weighted by atomic mass is 10.2. The Balaban J connectivity index is 0.00000208. The minimum absolute atomic E-state index is 0. The predicted molar refractivity (Wildman–Crippen MR) is 108 cm³/mol. The third-order valence-electron chi connectivity index (χ3n) is 3.88. The van der Waals surface area contributed by atoms with Gasteiger partial charge in [0.25, 0.3) is 0 Å². The molecule has 0 saturated heterocycles. The molecule has 0 bridgehead atoms. The van der Waals surface area contributed by atoms with Crippen LogP contribution in [-0.4, -0.2) is 17.0 Å². The molecule has 0 atom stereocenters. The van der Waals surface area contributed by atoms with Crippen LogP contribution in [0.1, 0.15) is 31.2 Å². The second-order valence-electron chi connectivity index (χ2n) is 5.71. The first-order valence-electron chi connectivity index (χ1n) is 8.03. The van der Waals surface area contributed by atoms with E-state index in [4.69, 9.17) is 10.5 Å². The van der Waals surface area contributed by atoms with Crippen LogP contribution in [0, 0.1) is 0 Å². The lowest BCUT2D eigenvalue weighted by molar-refractivity contribution is 0.210. The third kappa shape index (κ3) is 5.67. The van der Waals surface area contributed by atoms with Gasteiger partial charge in [-0.1, -0.05) is 18.2 Å². The summed E-state index contributed by atoms with van der Waals surface area (Å²) in [6, 6.07) is 13.7. The molecule has 0 spiro atoms. The van der Waals surface area contributed by atoms with Crippen molar-refractivity contribution in [2.45, 2.75) is 38.3 Å². The Morgan fingerprint density at radius 1 is 1.17 bits per heavy atom. The minimum atomic E-state index is 0. The molecule has 6 heteroatoms. The Bertz CT molecular complexity index is 640. The van der Waals surface area contributed by atoms with Crippen molar-refractivity contribution in [3.63, 3.8) is 0 Å². The highest BCUT2D eigenvalue weighted by Gasteiger charge is 2.16. The van der Waals surface area contributed by atoms with Crippen LogP contribution in [0.4, 0.5) is 5.82 Å². The zero-order valence-corrected chi connectivity index (χ0v) is 15.9. The second-order valence-corrected chi connectivity index (χ2v) is 5.71. The number of hydrogen-bond donors (Lipinski definition) is 2. The summed E-state index contributed by atoms with van der Waals surface area (Å²) in [7, 11) is 0. The van der Waals surface area contributed by atoms with Crippen molar-refractivity contribution in [3.05, 3.63) is 54.2 Å². The summed E-state index contributed by atoms with van der Waals surface area (Å²) >= 11 is 0. The van der Waals surface area contributed by atoms with Gasteiger partial charge in [-0.2, -0.15) is 0 Å². The molecule has 1 aliphatic carbocycles. The van der Waals surface area contributed by atoms with E-state index >= 15 is 0 Å². The number of anilines is 1. The topological polar surface area (TPSA) is 72.5 Å². The number of hydrogen-bond acceptors (Lipinski definition) is 3. The van der Waals surface area contributed by atoms with E-state index in [1.165, 1.54) is 25.7 Å². The van der Waals surface area contributed by atoms with Gasteiger partial charge in [-0.05, 0) is 55.5 Å². The van der Waals surface area contributed by atoms with Gasteiger partial charge >= 0.3 is 0 Å². The second kappa shape index (κ2) is 9.46. The predicted octanol–water partition coefficient (Wildman–Crippen LogP) is 3.95. The van der Waals surface area contributed by atoms with Crippen molar-refractivity contribution >= 4 is 35.8 Å². The van der Waals surface area contributed by atoms with Gasteiger partial charge in [-0.15, -0.1) is 24.0 Å². The van der Waals surface area contributed by atoms with Crippen LogP contribution in [0.15, 0.2) is 53.7 Å². The van der Waals surface area contributed by atoms with Crippen molar-refractivity contribution in [1.82, 2.24) is 4.98 Å². The Morgan fingerprint density at radius 3 is 2.58 bits per heavy atom. The quantitative estimate of drug-likeness (QED) is 0.421. The first-order valence-corrected chi connectivity index (χ1v) is 8.03. The highest BCUT2D eigenvalue weighted by atomic mass is 127. The van der Waals surface area contributed by atoms with Crippen molar-refractivity contribution in [1.29, 1.82) is 0 Å². The summed E-state index contributed by atoms with van der Waals surface area (Å²) in [5.74, 6) is 1.98. The monoisotopic (exact) mass is 438 g/mol. The highest BCUT2D eigenvalue weighted by molar-refractivity contribution is 14.0. The fraction of sp³-hybridized carbons (Fsp3) is 0.333.